The first kappa shape index (κ1) is 21.4. The summed E-state index contributed by atoms with van der Waals surface area (Å²) in [6.07, 6.45) is -3.05. The van der Waals surface area contributed by atoms with Gasteiger partial charge in [-0.05, 0) is 29.8 Å². The number of carbonyl (C=O) groups is 1. The molecule has 7 heteroatoms. The van der Waals surface area contributed by atoms with Crippen LogP contribution in [-0.4, -0.2) is 24.1 Å². The van der Waals surface area contributed by atoms with E-state index in [-0.39, 0.29) is 5.56 Å². The van der Waals surface area contributed by atoms with Gasteiger partial charge in [0, 0.05) is 0 Å². The fraction of sp³-hybridized carbons (Fsp3) is 0.120. The second kappa shape index (κ2) is 9.09. The van der Waals surface area contributed by atoms with Gasteiger partial charge in [0.05, 0.1) is 17.2 Å². The number of ether oxygens (including phenoxy) is 1. The molecule has 0 radical (unpaired) electrons. The number of anilines is 1. The van der Waals surface area contributed by atoms with Crippen molar-refractivity contribution in [2.45, 2.75) is 12.4 Å². The maximum atomic E-state index is 13.9. The van der Waals surface area contributed by atoms with Gasteiger partial charge in [0.25, 0.3) is 0 Å². The average molecular weight is 436 g/mol. The van der Waals surface area contributed by atoms with Crippen LogP contribution >= 0.6 is 0 Å². The molecule has 0 aromatic heterocycles. The van der Waals surface area contributed by atoms with E-state index in [2.05, 4.69) is 5.10 Å². The predicted molar refractivity (Wildman–Crippen MR) is 117 cm³/mol. The van der Waals surface area contributed by atoms with Crippen LogP contribution in [0.5, 0.6) is 0 Å². The molecule has 0 aliphatic carbocycles. The molecule has 3 aromatic carbocycles. The van der Waals surface area contributed by atoms with Crippen LogP contribution < -0.4 is 5.01 Å². The van der Waals surface area contributed by atoms with Crippen LogP contribution in [0, 0.1) is 5.92 Å². The minimum atomic E-state index is -4.70. The summed E-state index contributed by atoms with van der Waals surface area (Å²) in [6, 6.07) is 25.4. The number of benzene rings is 3. The predicted octanol–water partition coefficient (Wildman–Crippen LogP) is 5.94. The summed E-state index contributed by atoms with van der Waals surface area (Å²) in [6.45, 7) is 0. The molecule has 1 heterocycles. The molecule has 0 saturated heterocycles. The number of alkyl halides is 3. The van der Waals surface area contributed by atoms with E-state index in [0.29, 0.717) is 5.69 Å². The minimum Gasteiger partial charge on any atom is -0.435 e. The Kier molecular flexibility index (Phi) is 6.07. The Morgan fingerprint density at radius 3 is 2.03 bits per heavy atom. The summed E-state index contributed by atoms with van der Waals surface area (Å²) in [5, 5.41) is 4.96. The maximum Gasteiger partial charge on any atom is 0.432 e. The molecule has 0 N–H and O–H groups in total. The summed E-state index contributed by atoms with van der Waals surface area (Å²) in [7, 11) is 0. The van der Waals surface area contributed by atoms with Crippen molar-refractivity contribution in [3.05, 3.63) is 108 Å². The normalized spacial score (nSPS) is 18.6. The lowest BCUT2D eigenvalue weighted by molar-refractivity contribution is -0.0631. The molecule has 32 heavy (non-hydrogen) atoms. The van der Waals surface area contributed by atoms with Gasteiger partial charge >= 0.3 is 12.1 Å². The van der Waals surface area contributed by atoms with Gasteiger partial charge in [-0.25, -0.2) is 9.80 Å². The quantitative estimate of drug-likeness (QED) is 0.465. The number of carbonyl (C=O) groups excluding carboxylic acids is 1. The number of nitrogens with zero attached hydrogens (tertiary/aromatic N) is 2. The second-order valence-corrected chi connectivity index (χ2v) is 7.12. The molecule has 1 aliphatic rings. The van der Waals surface area contributed by atoms with Gasteiger partial charge in [-0.3, -0.25) is 0 Å². The lowest BCUT2D eigenvalue weighted by Crippen LogP contribution is -2.39. The van der Waals surface area contributed by atoms with E-state index >= 15 is 0 Å². The molecule has 0 bridgehead atoms. The standard InChI is InChI=1S/C25H19F3N2O2/c26-25(27,28)22-21(17-16-18-10-4-1-5-11-18)23(30(29-22)20-14-8-3-9-15-20)32-24(31)19-12-6-2-7-13-19/h1-17,21,23H/b17-16+. The van der Waals surface area contributed by atoms with Gasteiger partial charge in [-0.1, -0.05) is 78.9 Å². The summed E-state index contributed by atoms with van der Waals surface area (Å²) in [4.78, 5) is 12.7. The third kappa shape index (κ3) is 4.72. The zero-order valence-corrected chi connectivity index (χ0v) is 16.8. The molecule has 0 spiro atoms. The van der Waals surface area contributed by atoms with Crippen molar-refractivity contribution in [2.75, 3.05) is 5.01 Å². The van der Waals surface area contributed by atoms with E-state index in [1.54, 1.807) is 91.0 Å². The number of rotatable bonds is 5. The number of hydrazone groups is 1. The molecule has 0 fully saturated rings. The first-order chi connectivity index (χ1) is 15.4. The van der Waals surface area contributed by atoms with Crippen molar-refractivity contribution in [1.82, 2.24) is 0 Å². The van der Waals surface area contributed by atoms with Gasteiger partial charge < -0.3 is 4.74 Å². The van der Waals surface area contributed by atoms with Crippen LogP contribution in [0.1, 0.15) is 15.9 Å². The first-order valence-corrected chi connectivity index (χ1v) is 9.93. The van der Waals surface area contributed by atoms with Crippen molar-refractivity contribution in [3.63, 3.8) is 0 Å². The number of para-hydroxylation sites is 1. The highest BCUT2D eigenvalue weighted by molar-refractivity contribution is 5.98. The number of hydrogen-bond donors (Lipinski definition) is 0. The van der Waals surface area contributed by atoms with Gasteiger partial charge in [-0.15, -0.1) is 0 Å². The van der Waals surface area contributed by atoms with Gasteiger partial charge in [0.2, 0.25) is 6.23 Å². The molecule has 3 aromatic rings. The van der Waals surface area contributed by atoms with E-state index in [9.17, 15) is 18.0 Å². The van der Waals surface area contributed by atoms with E-state index in [1.165, 1.54) is 6.08 Å². The minimum absolute atomic E-state index is 0.242. The summed E-state index contributed by atoms with van der Waals surface area (Å²) in [5.41, 5.74) is 0.321. The van der Waals surface area contributed by atoms with Crippen LogP contribution in [0.15, 0.2) is 102 Å². The third-order valence-corrected chi connectivity index (χ3v) is 4.92. The molecule has 162 valence electrons. The van der Waals surface area contributed by atoms with Crippen molar-refractivity contribution in [1.29, 1.82) is 0 Å². The Bertz CT molecular complexity index is 1110. The molecule has 4 nitrogen and oxygen atoms in total. The van der Waals surface area contributed by atoms with Gasteiger partial charge in [0.1, 0.15) is 0 Å². The van der Waals surface area contributed by atoms with Gasteiger partial charge in [-0.2, -0.15) is 18.3 Å². The number of hydrogen-bond acceptors (Lipinski definition) is 4. The highest BCUT2D eigenvalue weighted by Gasteiger charge is 2.51. The average Bonchev–Trinajstić information content (AvgIpc) is 3.18. The molecule has 0 saturated carbocycles. The van der Waals surface area contributed by atoms with E-state index in [1.807, 2.05) is 6.07 Å². The Morgan fingerprint density at radius 1 is 0.875 bits per heavy atom. The Balaban J connectivity index is 1.74. The molecule has 1 aliphatic heterocycles. The smallest absolute Gasteiger partial charge is 0.432 e. The van der Waals surface area contributed by atoms with Crippen molar-refractivity contribution in [2.24, 2.45) is 11.0 Å². The molecule has 2 unspecified atom stereocenters. The zero-order valence-electron chi connectivity index (χ0n) is 16.8. The zero-order chi connectivity index (χ0) is 22.6. The fourth-order valence-electron chi connectivity index (χ4n) is 3.40. The largest absolute Gasteiger partial charge is 0.435 e. The summed E-state index contributed by atoms with van der Waals surface area (Å²) in [5.74, 6) is -2.05. The number of esters is 1. The lowest BCUT2D eigenvalue weighted by Gasteiger charge is -2.26. The van der Waals surface area contributed by atoms with Crippen LogP contribution in [0.2, 0.25) is 0 Å². The summed E-state index contributed by atoms with van der Waals surface area (Å²) < 4.78 is 47.4. The first-order valence-electron chi connectivity index (χ1n) is 9.93. The van der Waals surface area contributed by atoms with Crippen LogP contribution in [0.3, 0.4) is 0 Å². The maximum absolute atomic E-state index is 13.9. The van der Waals surface area contributed by atoms with Crippen LogP contribution in [-0.2, 0) is 4.74 Å². The van der Waals surface area contributed by atoms with Crippen molar-refractivity contribution >= 4 is 23.4 Å². The van der Waals surface area contributed by atoms with E-state index < -0.39 is 30.0 Å². The summed E-state index contributed by atoms with van der Waals surface area (Å²) >= 11 is 0. The Labute approximate surface area is 183 Å². The third-order valence-electron chi connectivity index (χ3n) is 4.92. The Morgan fingerprint density at radius 2 is 1.44 bits per heavy atom. The Hall–Kier alpha value is -3.87. The molecule has 2 atom stereocenters. The number of halogens is 3. The highest BCUT2D eigenvalue weighted by Crippen LogP contribution is 2.37. The lowest BCUT2D eigenvalue weighted by atomic mass is 9.99. The van der Waals surface area contributed by atoms with E-state index in [4.69, 9.17) is 4.74 Å². The topological polar surface area (TPSA) is 41.9 Å². The van der Waals surface area contributed by atoms with Crippen molar-refractivity contribution < 1.29 is 22.7 Å². The van der Waals surface area contributed by atoms with Crippen molar-refractivity contribution in [3.8, 4) is 0 Å². The molecule has 0 amide bonds. The van der Waals surface area contributed by atoms with E-state index in [0.717, 1.165) is 10.6 Å². The molecule has 4 rings (SSSR count). The fourth-order valence-corrected chi connectivity index (χ4v) is 3.40. The van der Waals surface area contributed by atoms with Gasteiger partial charge in [0.15, 0.2) is 5.71 Å². The monoisotopic (exact) mass is 436 g/mol. The second-order valence-electron chi connectivity index (χ2n) is 7.12. The van der Waals surface area contributed by atoms with Crippen LogP contribution in [0.25, 0.3) is 6.08 Å². The molecular weight excluding hydrogens is 417 g/mol. The highest BCUT2D eigenvalue weighted by atomic mass is 19.4. The SMILES string of the molecule is O=C(OC1C(/C=C/c2ccccc2)C(C(F)(F)F)=NN1c1ccccc1)c1ccccc1. The van der Waals surface area contributed by atoms with Crippen LogP contribution in [0.4, 0.5) is 18.9 Å². The molecular formula is C25H19F3N2O2.